The number of rotatable bonds is 16. The van der Waals surface area contributed by atoms with Gasteiger partial charge < -0.3 is 18.9 Å². The standard InChI is InChI=1S/C32H27FN6O6S/c1-3-30(40)43-18-17-42-26-12-9-24(10-13-26)34-37-25-11-14-28(27(33)21-25)38-35-22-5-7-23(8-6-22)36-39-29-15-16-32(46-29)45-20-19-44-31(41)4-2/h3-16,21H,1-2,17-20H2. The van der Waals surface area contributed by atoms with Gasteiger partial charge in [0.05, 0.1) is 22.7 Å². The average molecular weight is 643 g/mol. The minimum absolute atomic E-state index is 0.0394. The van der Waals surface area contributed by atoms with Gasteiger partial charge in [-0.15, -0.1) is 15.3 Å². The van der Waals surface area contributed by atoms with E-state index in [1.807, 2.05) is 0 Å². The van der Waals surface area contributed by atoms with E-state index in [9.17, 15) is 14.0 Å². The third-order valence-corrected chi connectivity index (χ3v) is 6.39. The smallest absolute Gasteiger partial charge is 0.330 e. The highest BCUT2D eigenvalue weighted by Gasteiger charge is 2.05. The molecule has 0 amide bonds. The highest BCUT2D eigenvalue weighted by Crippen LogP contribution is 2.33. The molecule has 3 aromatic carbocycles. The molecular formula is C32H27FN6O6S. The van der Waals surface area contributed by atoms with Crippen LogP contribution >= 0.6 is 11.3 Å². The zero-order valence-electron chi connectivity index (χ0n) is 24.3. The maximum absolute atomic E-state index is 14.6. The van der Waals surface area contributed by atoms with Gasteiger partial charge in [-0.05, 0) is 72.8 Å². The number of azo groups is 3. The summed E-state index contributed by atoms with van der Waals surface area (Å²) in [7, 11) is 0. The Morgan fingerprint density at radius 3 is 1.76 bits per heavy atom. The highest BCUT2D eigenvalue weighted by atomic mass is 32.1. The first-order valence-electron chi connectivity index (χ1n) is 13.6. The van der Waals surface area contributed by atoms with Crippen LogP contribution in [0.1, 0.15) is 0 Å². The van der Waals surface area contributed by atoms with Crippen molar-refractivity contribution in [1.82, 2.24) is 0 Å². The zero-order valence-corrected chi connectivity index (χ0v) is 25.1. The quantitative estimate of drug-likeness (QED) is 0.0515. The number of ether oxygens (including phenoxy) is 4. The lowest BCUT2D eigenvalue weighted by atomic mass is 10.3. The lowest BCUT2D eigenvalue weighted by Gasteiger charge is -2.06. The summed E-state index contributed by atoms with van der Waals surface area (Å²) in [5.41, 5.74) is 1.95. The van der Waals surface area contributed by atoms with Gasteiger partial charge in [-0.3, -0.25) is 0 Å². The Morgan fingerprint density at radius 1 is 0.630 bits per heavy atom. The fourth-order valence-electron chi connectivity index (χ4n) is 3.31. The summed E-state index contributed by atoms with van der Waals surface area (Å²) in [5, 5.41) is 25.9. The minimum atomic E-state index is -0.608. The number of carbonyl (C=O) groups is 2. The van der Waals surface area contributed by atoms with Gasteiger partial charge in [0.2, 0.25) is 0 Å². The van der Waals surface area contributed by atoms with Gasteiger partial charge in [-0.1, -0.05) is 24.5 Å². The number of thiophene rings is 1. The van der Waals surface area contributed by atoms with Crippen molar-refractivity contribution in [2.45, 2.75) is 0 Å². The highest BCUT2D eigenvalue weighted by molar-refractivity contribution is 7.17. The fraction of sp³-hybridized carbons (Fsp3) is 0.125. The molecule has 12 nitrogen and oxygen atoms in total. The first-order valence-corrected chi connectivity index (χ1v) is 14.4. The van der Waals surface area contributed by atoms with Gasteiger partial charge in [0.25, 0.3) is 0 Å². The van der Waals surface area contributed by atoms with Gasteiger partial charge in [0.15, 0.2) is 10.9 Å². The van der Waals surface area contributed by atoms with E-state index in [2.05, 4.69) is 43.8 Å². The number of carbonyl (C=O) groups excluding carboxylic acids is 2. The number of hydrogen-bond donors (Lipinski definition) is 0. The summed E-state index contributed by atoms with van der Waals surface area (Å²) >= 11 is 1.29. The number of benzene rings is 3. The molecule has 4 aromatic rings. The summed E-state index contributed by atoms with van der Waals surface area (Å²) in [6, 6.07) is 21.3. The molecule has 0 aliphatic rings. The third kappa shape index (κ3) is 11.0. The first-order chi connectivity index (χ1) is 22.4. The Bertz CT molecular complexity index is 1740. The van der Waals surface area contributed by atoms with E-state index in [0.29, 0.717) is 38.6 Å². The second-order valence-electron chi connectivity index (χ2n) is 8.78. The van der Waals surface area contributed by atoms with Gasteiger partial charge in [0, 0.05) is 18.2 Å². The molecule has 0 radical (unpaired) electrons. The van der Waals surface area contributed by atoms with Crippen LogP contribution in [0.25, 0.3) is 0 Å². The van der Waals surface area contributed by atoms with Crippen molar-refractivity contribution >= 4 is 56.7 Å². The van der Waals surface area contributed by atoms with Crippen molar-refractivity contribution in [3.63, 3.8) is 0 Å². The molecule has 0 aliphatic carbocycles. The Morgan fingerprint density at radius 2 is 1.15 bits per heavy atom. The van der Waals surface area contributed by atoms with Gasteiger partial charge in [0.1, 0.15) is 42.9 Å². The number of halogens is 1. The maximum atomic E-state index is 14.6. The van der Waals surface area contributed by atoms with Crippen LogP contribution in [-0.2, 0) is 19.1 Å². The van der Waals surface area contributed by atoms with Crippen LogP contribution in [-0.4, -0.2) is 38.4 Å². The van der Waals surface area contributed by atoms with Crippen LogP contribution in [0.2, 0.25) is 0 Å². The van der Waals surface area contributed by atoms with E-state index in [1.165, 1.54) is 23.5 Å². The lowest BCUT2D eigenvalue weighted by molar-refractivity contribution is -0.139. The third-order valence-electron chi connectivity index (χ3n) is 5.50. The monoisotopic (exact) mass is 642 g/mol. The predicted molar refractivity (Wildman–Crippen MR) is 169 cm³/mol. The summed E-state index contributed by atoms with van der Waals surface area (Å²) in [5.74, 6) is -1.06. The predicted octanol–water partition coefficient (Wildman–Crippen LogP) is 9.35. The average Bonchev–Trinajstić information content (AvgIpc) is 3.54. The molecular weight excluding hydrogens is 615 g/mol. The van der Waals surface area contributed by atoms with Crippen molar-refractivity contribution in [1.29, 1.82) is 0 Å². The van der Waals surface area contributed by atoms with Crippen molar-refractivity contribution in [3.8, 4) is 10.8 Å². The largest absolute Gasteiger partial charge is 0.490 e. The van der Waals surface area contributed by atoms with E-state index in [0.717, 1.165) is 12.2 Å². The molecule has 0 atom stereocenters. The van der Waals surface area contributed by atoms with Crippen molar-refractivity contribution in [3.05, 3.63) is 110 Å². The van der Waals surface area contributed by atoms with Crippen LogP contribution in [0.15, 0.2) is 135 Å². The van der Waals surface area contributed by atoms with E-state index >= 15 is 0 Å². The lowest BCUT2D eigenvalue weighted by Crippen LogP contribution is -2.09. The van der Waals surface area contributed by atoms with Crippen molar-refractivity contribution in [2.24, 2.45) is 30.7 Å². The number of esters is 2. The molecule has 234 valence electrons. The van der Waals surface area contributed by atoms with Crippen molar-refractivity contribution in [2.75, 3.05) is 26.4 Å². The molecule has 0 fully saturated rings. The second-order valence-corrected chi connectivity index (χ2v) is 9.80. The van der Waals surface area contributed by atoms with Crippen LogP contribution < -0.4 is 9.47 Å². The molecule has 1 aromatic heterocycles. The second kappa shape index (κ2) is 17.4. The van der Waals surface area contributed by atoms with Gasteiger partial charge in [-0.25, -0.2) is 14.0 Å². The molecule has 14 heteroatoms. The molecule has 0 spiro atoms. The zero-order chi connectivity index (χ0) is 32.6. The minimum Gasteiger partial charge on any atom is -0.490 e. The Hall–Kier alpha value is -5.89. The molecule has 0 bridgehead atoms. The fourth-order valence-corrected chi connectivity index (χ4v) is 4.02. The Kier molecular flexibility index (Phi) is 12.5. The normalized spacial score (nSPS) is 11.2. The Labute approximate surface area is 267 Å². The number of hydrogen-bond acceptors (Lipinski definition) is 13. The van der Waals surface area contributed by atoms with Crippen molar-refractivity contribution < 1.29 is 32.9 Å². The van der Waals surface area contributed by atoms with Crippen LogP contribution in [0.4, 0.5) is 37.8 Å². The molecule has 1 heterocycles. The topological polar surface area (TPSA) is 145 Å². The van der Waals surface area contributed by atoms with E-state index < -0.39 is 17.8 Å². The molecule has 0 saturated carbocycles. The number of nitrogens with zero attached hydrogens (tertiary/aromatic N) is 6. The molecule has 46 heavy (non-hydrogen) atoms. The van der Waals surface area contributed by atoms with Crippen LogP contribution in [0, 0.1) is 5.82 Å². The first kappa shape index (κ1) is 33.0. The summed E-state index contributed by atoms with van der Waals surface area (Å²) in [6.07, 6.45) is 2.17. The van der Waals surface area contributed by atoms with Gasteiger partial charge >= 0.3 is 11.9 Å². The van der Waals surface area contributed by atoms with Gasteiger partial charge in [-0.2, -0.15) is 15.3 Å². The summed E-state index contributed by atoms with van der Waals surface area (Å²) < 4.78 is 35.3. The Balaban J connectivity index is 1.24. The van der Waals surface area contributed by atoms with E-state index in [-0.39, 0.29) is 32.1 Å². The molecule has 0 N–H and O–H groups in total. The van der Waals surface area contributed by atoms with E-state index in [4.69, 9.17) is 18.9 Å². The molecule has 4 rings (SSSR count). The van der Waals surface area contributed by atoms with Crippen LogP contribution in [0.5, 0.6) is 10.8 Å². The molecule has 0 saturated heterocycles. The molecule has 0 aliphatic heterocycles. The van der Waals surface area contributed by atoms with Crippen LogP contribution in [0.3, 0.4) is 0 Å². The molecule has 0 unspecified atom stereocenters. The maximum Gasteiger partial charge on any atom is 0.330 e. The summed E-state index contributed by atoms with van der Waals surface area (Å²) in [4.78, 5) is 22.1. The summed E-state index contributed by atoms with van der Waals surface area (Å²) in [6.45, 7) is 7.26. The SMILES string of the molecule is C=CC(=O)OCCOc1ccc(N=Nc2ccc(N=Nc3ccc(N=Nc4ccc(OCCOC(=O)C=C)s4)cc3)c(F)c2)cc1. The van der Waals surface area contributed by atoms with E-state index in [1.54, 1.807) is 66.7 Å².